The zero-order valence-electron chi connectivity index (χ0n) is 8.04. The fraction of sp³-hybridized carbons (Fsp3) is 0.286. The summed E-state index contributed by atoms with van der Waals surface area (Å²) in [5.74, 6) is -1.42. The number of aromatic nitrogens is 1. The van der Waals surface area contributed by atoms with Gasteiger partial charge in [-0.2, -0.15) is 0 Å². The molecule has 0 aromatic carbocycles. The van der Waals surface area contributed by atoms with Crippen molar-refractivity contribution in [2.24, 2.45) is 0 Å². The lowest BCUT2D eigenvalue weighted by atomic mass is 10.2. The Kier molecular flexibility index (Phi) is 4.04. The van der Waals surface area contributed by atoms with E-state index in [4.69, 9.17) is 0 Å². The van der Waals surface area contributed by atoms with E-state index in [0.29, 0.717) is 6.20 Å². The van der Waals surface area contributed by atoms with E-state index in [0.717, 1.165) is 0 Å². The van der Waals surface area contributed by atoms with Crippen LogP contribution in [0.2, 0.25) is 0 Å². The maximum absolute atomic E-state index is 12.6. The number of alkyl halides is 5. The minimum absolute atomic E-state index is 0.412. The Balaban J connectivity index is 3.46. The molecule has 0 aliphatic carbocycles. The molecule has 5 nitrogen and oxygen atoms in total. The van der Waals surface area contributed by atoms with E-state index >= 15 is 0 Å². The number of hydrogen-bond donors (Lipinski definition) is 0. The molecule has 100 valence electrons. The topological polar surface area (TPSA) is 65.3 Å². The summed E-state index contributed by atoms with van der Waals surface area (Å²) < 4.78 is 63.9. The van der Waals surface area contributed by atoms with Crippen LogP contribution in [-0.4, -0.2) is 16.3 Å². The summed E-state index contributed by atoms with van der Waals surface area (Å²) in [6.07, 6.45) is -8.39. The molecular weight excluding hydrogens is 335 g/mol. The number of rotatable bonds is 3. The normalized spacial score (nSPS) is 11.7. The van der Waals surface area contributed by atoms with Crippen molar-refractivity contribution in [3.05, 3.63) is 26.5 Å². The minimum atomic E-state index is -5.27. The Hall–Kier alpha value is -1.52. The third kappa shape index (κ3) is 3.24. The zero-order chi connectivity index (χ0) is 14.1. The second kappa shape index (κ2) is 5.00. The van der Waals surface area contributed by atoms with E-state index in [1.165, 1.54) is 0 Å². The number of hydrogen-bond acceptors (Lipinski definition) is 4. The van der Waals surface area contributed by atoms with Crippen LogP contribution in [-0.2, 0) is 0 Å². The maximum atomic E-state index is 12.6. The van der Waals surface area contributed by atoms with Gasteiger partial charge in [-0.1, -0.05) is 0 Å². The third-order valence-electron chi connectivity index (χ3n) is 1.64. The molecule has 1 aromatic heterocycles. The molecule has 1 heterocycles. The van der Waals surface area contributed by atoms with E-state index in [9.17, 15) is 32.1 Å². The van der Waals surface area contributed by atoms with Crippen LogP contribution in [0.25, 0.3) is 0 Å². The van der Waals surface area contributed by atoms with Crippen LogP contribution in [0, 0.1) is 10.1 Å². The molecule has 0 fully saturated rings. The van der Waals surface area contributed by atoms with Gasteiger partial charge in [0.2, 0.25) is 0 Å². The van der Waals surface area contributed by atoms with Crippen LogP contribution in [0.1, 0.15) is 12.0 Å². The second-order valence-corrected chi connectivity index (χ2v) is 3.53. The lowest BCUT2D eigenvalue weighted by molar-refractivity contribution is -0.386. The average molecular weight is 337 g/mol. The Morgan fingerprint density at radius 1 is 1.44 bits per heavy atom. The first kappa shape index (κ1) is 14.5. The lowest BCUT2D eigenvalue weighted by Crippen LogP contribution is -2.19. The first-order chi connectivity index (χ1) is 8.13. The smallest absolute Gasteiger partial charge is 0.402 e. The van der Waals surface area contributed by atoms with Gasteiger partial charge in [-0.3, -0.25) is 10.1 Å². The highest BCUT2D eigenvalue weighted by Gasteiger charge is 2.38. The predicted octanol–water partition coefficient (Wildman–Crippen LogP) is 3.59. The molecule has 11 heteroatoms. The highest BCUT2D eigenvalue weighted by atomic mass is 79.9. The van der Waals surface area contributed by atoms with Gasteiger partial charge in [-0.25, -0.2) is 13.8 Å². The van der Waals surface area contributed by atoms with Gasteiger partial charge in [0.05, 0.1) is 4.92 Å². The van der Waals surface area contributed by atoms with Crippen molar-refractivity contribution < 1.29 is 31.6 Å². The molecule has 0 aliphatic rings. The molecule has 18 heavy (non-hydrogen) atoms. The van der Waals surface area contributed by atoms with E-state index in [1.54, 1.807) is 0 Å². The first-order valence-electron chi connectivity index (χ1n) is 4.00. The van der Waals surface area contributed by atoms with E-state index in [1.807, 2.05) is 0 Å². The van der Waals surface area contributed by atoms with Crippen molar-refractivity contribution >= 4 is 21.6 Å². The number of halogens is 6. The Labute approximate surface area is 104 Å². The maximum Gasteiger partial charge on any atom is 0.573 e. The highest BCUT2D eigenvalue weighted by Crippen LogP contribution is 2.42. The number of nitro groups is 1. The average Bonchev–Trinajstić information content (AvgIpc) is 2.17. The molecule has 0 radical (unpaired) electrons. The summed E-state index contributed by atoms with van der Waals surface area (Å²) in [5, 5.41) is 10.4. The summed E-state index contributed by atoms with van der Waals surface area (Å²) in [4.78, 5) is 12.3. The summed E-state index contributed by atoms with van der Waals surface area (Å²) in [5.41, 5.74) is -2.74. The summed E-state index contributed by atoms with van der Waals surface area (Å²) >= 11 is 2.46. The molecular formula is C7H2BrF5N2O3. The standard InChI is InChI=1S/C7H2BrF5N2O3/c8-5-4(18-7(11,12)13)3(6(9)10)2(1-14-5)15(16)17/h1,6H. The number of nitrogens with zero attached hydrogens (tertiary/aromatic N) is 2. The summed E-state index contributed by atoms with van der Waals surface area (Å²) in [7, 11) is 0. The van der Waals surface area contributed by atoms with E-state index in [2.05, 4.69) is 25.7 Å². The molecule has 0 N–H and O–H groups in total. The van der Waals surface area contributed by atoms with Gasteiger partial charge in [0, 0.05) is 0 Å². The van der Waals surface area contributed by atoms with Gasteiger partial charge in [-0.05, 0) is 15.9 Å². The molecule has 0 atom stereocenters. The van der Waals surface area contributed by atoms with Crippen molar-refractivity contribution in [3.63, 3.8) is 0 Å². The first-order valence-corrected chi connectivity index (χ1v) is 4.79. The molecule has 0 amide bonds. The van der Waals surface area contributed by atoms with Gasteiger partial charge in [0.25, 0.3) is 12.1 Å². The lowest BCUT2D eigenvalue weighted by Gasteiger charge is -2.13. The molecule has 0 saturated carbocycles. The fourth-order valence-electron chi connectivity index (χ4n) is 1.04. The molecule has 0 aliphatic heterocycles. The monoisotopic (exact) mass is 336 g/mol. The SMILES string of the molecule is O=[N+]([O-])c1cnc(Br)c(OC(F)(F)F)c1C(F)F. The molecule has 0 unspecified atom stereocenters. The molecule has 0 saturated heterocycles. The van der Waals surface area contributed by atoms with Crippen LogP contribution in [0.3, 0.4) is 0 Å². The van der Waals surface area contributed by atoms with Crippen molar-refractivity contribution in [2.45, 2.75) is 12.8 Å². The van der Waals surface area contributed by atoms with Crippen LogP contribution in [0.15, 0.2) is 10.8 Å². The highest BCUT2D eigenvalue weighted by molar-refractivity contribution is 9.10. The number of pyridine rings is 1. The minimum Gasteiger partial charge on any atom is -0.402 e. The van der Waals surface area contributed by atoms with Gasteiger partial charge >= 0.3 is 6.36 Å². The molecule has 1 rings (SSSR count). The third-order valence-corrected chi connectivity index (χ3v) is 2.21. The summed E-state index contributed by atoms with van der Waals surface area (Å²) in [6.45, 7) is 0. The van der Waals surface area contributed by atoms with Gasteiger partial charge in [-0.15, -0.1) is 13.2 Å². The Bertz CT molecular complexity index is 479. The predicted molar refractivity (Wildman–Crippen MR) is 50.2 cm³/mol. The fourth-order valence-corrected chi connectivity index (χ4v) is 1.44. The number of ether oxygens (including phenoxy) is 1. The quantitative estimate of drug-likeness (QED) is 0.366. The zero-order valence-corrected chi connectivity index (χ0v) is 9.63. The van der Waals surface area contributed by atoms with Crippen LogP contribution >= 0.6 is 15.9 Å². The molecule has 0 bridgehead atoms. The van der Waals surface area contributed by atoms with E-state index < -0.39 is 39.3 Å². The van der Waals surface area contributed by atoms with Crippen molar-refractivity contribution in [1.29, 1.82) is 0 Å². The van der Waals surface area contributed by atoms with Crippen LogP contribution in [0.5, 0.6) is 5.75 Å². The van der Waals surface area contributed by atoms with E-state index in [-0.39, 0.29) is 0 Å². The second-order valence-electron chi connectivity index (χ2n) is 2.78. The van der Waals surface area contributed by atoms with Crippen molar-refractivity contribution in [2.75, 3.05) is 0 Å². The summed E-state index contributed by atoms with van der Waals surface area (Å²) in [6, 6.07) is 0. The largest absolute Gasteiger partial charge is 0.573 e. The van der Waals surface area contributed by atoms with Gasteiger partial charge < -0.3 is 4.74 Å². The van der Waals surface area contributed by atoms with Crippen molar-refractivity contribution in [3.8, 4) is 5.75 Å². The van der Waals surface area contributed by atoms with Gasteiger partial charge in [0.15, 0.2) is 5.75 Å². The Morgan fingerprint density at radius 2 is 2.00 bits per heavy atom. The molecule has 0 spiro atoms. The van der Waals surface area contributed by atoms with Crippen LogP contribution < -0.4 is 4.74 Å². The van der Waals surface area contributed by atoms with Gasteiger partial charge in [0.1, 0.15) is 16.4 Å². The molecule has 1 aromatic rings. The van der Waals surface area contributed by atoms with Crippen molar-refractivity contribution in [1.82, 2.24) is 4.98 Å². The Morgan fingerprint density at radius 3 is 2.39 bits per heavy atom. The van der Waals surface area contributed by atoms with Crippen LogP contribution in [0.4, 0.5) is 27.6 Å².